The van der Waals surface area contributed by atoms with Gasteiger partial charge in [0, 0.05) is 30.4 Å². The van der Waals surface area contributed by atoms with Crippen molar-refractivity contribution < 1.29 is 4.74 Å². The van der Waals surface area contributed by atoms with Crippen LogP contribution in [0.4, 0.5) is 0 Å². The molecule has 0 spiro atoms. The molecule has 1 saturated heterocycles. The van der Waals surface area contributed by atoms with Crippen molar-refractivity contribution in [3.8, 4) is 5.75 Å². The highest BCUT2D eigenvalue weighted by molar-refractivity contribution is 8.21. The van der Waals surface area contributed by atoms with Crippen LogP contribution in [0.5, 0.6) is 5.75 Å². The monoisotopic (exact) mass is 334 g/mol. The summed E-state index contributed by atoms with van der Waals surface area (Å²) in [7, 11) is 1.72. The van der Waals surface area contributed by atoms with E-state index in [0.717, 1.165) is 18.7 Å². The van der Waals surface area contributed by atoms with Crippen LogP contribution in [0.25, 0.3) is 0 Å². The minimum atomic E-state index is 0.342. The van der Waals surface area contributed by atoms with E-state index in [0.29, 0.717) is 4.08 Å². The van der Waals surface area contributed by atoms with Crippen LogP contribution in [0.1, 0.15) is 18.4 Å². The Morgan fingerprint density at radius 2 is 2.00 bits per heavy atom. The van der Waals surface area contributed by atoms with E-state index in [1.807, 2.05) is 18.7 Å². The number of ether oxygens (including phenoxy) is 1. The highest BCUT2D eigenvalue weighted by Gasteiger charge is 2.35. The number of thioether (sulfide) groups is 2. The molecule has 0 unspecified atom stereocenters. The van der Waals surface area contributed by atoms with Gasteiger partial charge in [-0.15, -0.1) is 23.5 Å². The van der Waals surface area contributed by atoms with Crippen molar-refractivity contribution in [2.24, 2.45) is 0 Å². The van der Waals surface area contributed by atoms with Gasteiger partial charge in [0.1, 0.15) is 5.75 Å². The van der Waals surface area contributed by atoms with E-state index in [2.05, 4.69) is 57.3 Å². The molecule has 1 aromatic heterocycles. The first-order valence-electron chi connectivity index (χ1n) is 7.66. The SMILES string of the molecule is COc1ccc(CC2(CCCn3ccnc3)SCCS2)cc1. The van der Waals surface area contributed by atoms with Gasteiger partial charge in [0.05, 0.1) is 17.5 Å². The van der Waals surface area contributed by atoms with Crippen molar-refractivity contribution in [2.45, 2.75) is 29.9 Å². The lowest BCUT2D eigenvalue weighted by molar-refractivity contribution is 0.414. The molecule has 0 amide bonds. The minimum absolute atomic E-state index is 0.342. The fourth-order valence-corrected chi connectivity index (χ4v) is 6.19. The van der Waals surface area contributed by atoms with Gasteiger partial charge in [0.2, 0.25) is 0 Å². The van der Waals surface area contributed by atoms with Crippen molar-refractivity contribution in [1.82, 2.24) is 9.55 Å². The average Bonchev–Trinajstić information content (AvgIpc) is 3.21. The van der Waals surface area contributed by atoms with E-state index >= 15 is 0 Å². The van der Waals surface area contributed by atoms with Crippen LogP contribution < -0.4 is 4.74 Å². The second kappa shape index (κ2) is 7.47. The van der Waals surface area contributed by atoms with E-state index in [9.17, 15) is 0 Å². The predicted molar refractivity (Wildman–Crippen MR) is 95.8 cm³/mol. The Balaban J connectivity index is 1.60. The summed E-state index contributed by atoms with van der Waals surface area (Å²) in [4.78, 5) is 4.11. The van der Waals surface area contributed by atoms with Gasteiger partial charge >= 0.3 is 0 Å². The molecule has 22 heavy (non-hydrogen) atoms. The molecule has 0 atom stereocenters. The van der Waals surface area contributed by atoms with Crippen molar-refractivity contribution in [3.63, 3.8) is 0 Å². The third-order valence-corrected chi connectivity index (χ3v) is 7.51. The summed E-state index contributed by atoms with van der Waals surface area (Å²) < 4.78 is 7.77. The van der Waals surface area contributed by atoms with Gasteiger partial charge in [-0.1, -0.05) is 12.1 Å². The Hall–Kier alpha value is -1.07. The molecule has 1 aliphatic rings. The number of imidazole rings is 1. The molecule has 0 radical (unpaired) electrons. The second-order valence-corrected chi connectivity index (χ2v) is 8.75. The largest absolute Gasteiger partial charge is 0.497 e. The van der Waals surface area contributed by atoms with Crippen LogP contribution in [0, 0.1) is 0 Å². The number of nitrogens with zero attached hydrogens (tertiary/aromatic N) is 2. The van der Waals surface area contributed by atoms with Gasteiger partial charge in [0.25, 0.3) is 0 Å². The lowest BCUT2D eigenvalue weighted by atomic mass is 10.1. The number of rotatable bonds is 7. The van der Waals surface area contributed by atoms with Gasteiger partial charge in [-0.3, -0.25) is 0 Å². The number of hydrogen-bond donors (Lipinski definition) is 0. The van der Waals surface area contributed by atoms with E-state index in [4.69, 9.17) is 4.74 Å². The predicted octanol–water partition coefficient (Wildman–Crippen LogP) is 4.09. The minimum Gasteiger partial charge on any atom is -0.497 e. The Labute approximate surface area is 140 Å². The van der Waals surface area contributed by atoms with E-state index < -0.39 is 0 Å². The quantitative estimate of drug-likeness (QED) is 0.762. The van der Waals surface area contributed by atoms with Crippen LogP contribution in [0.15, 0.2) is 43.0 Å². The van der Waals surface area contributed by atoms with Gasteiger partial charge in [-0.05, 0) is 37.0 Å². The molecule has 0 saturated carbocycles. The number of methoxy groups -OCH3 is 1. The molecule has 1 aliphatic heterocycles. The molecule has 3 rings (SSSR count). The topological polar surface area (TPSA) is 27.1 Å². The fraction of sp³-hybridized carbons (Fsp3) is 0.471. The molecule has 3 nitrogen and oxygen atoms in total. The van der Waals surface area contributed by atoms with Crippen molar-refractivity contribution >= 4 is 23.5 Å². The molecule has 118 valence electrons. The Morgan fingerprint density at radius 3 is 2.64 bits per heavy atom. The molecule has 0 aliphatic carbocycles. The molecule has 1 fully saturated rings. The maximum Gasteiger partial charge on any atom is 0.118 e. The maximum absolute atomic E-state index is 5.25. The lowest BCUT2D eigenvalue weighted by Crippen LogP contribution is -2.21. The average molecular weight is 335 g/mol. The highest BCUT2D eigenvalue weighted by atomic mass is 32.2. The lowest BCUT2D eigenvalue weighted by Gasteiger charge is -2.27. The molecule has 2 aromatic rings. The molecular formula is C17H22N2OS2. The molecule has 1 aromatic carbocycles. The zero-order chi connectivity index (χ0) is 15.3. The smallest absolute Gasteiger partial charge is 0.118 e. The fourth-order valence-electron chi connectivity index (χ4n) is 2.84. The summed E-state index contributed by atoms with van der Waals surface area (Å²) in [5.41, 5.74) is 1.41. The second-order valence-electron chi connectivity index (χ2n) is 5.54. The van der Waals surface area contributed by atoms with E-state index in [1.54, 1.807) is 7.11 Å². The Kier molecular flexibility index (Phi) is 5.37. The maximum atomic E-state index is 5.25. The van der Waals surface area contributed by atoms with Gasteiger partial charge in [-0.25, -0.2) is 4.98 Å². The molecular weight excluding hydrogens is 312 g/mol. The van der Waals surface area contributed by atoms with Crippen molar-refractivity contribution in [2.75, 3.05) is 18.6 Å². The van der Waals surface area contributed by atoms with E-state index in [-0.39, 0.29) is 0 Å². The van der Waals surface area contributed by atoms with Crippen LogP contribution in [-0.4, -0.2) is 32.2 Å². The van der Waals surface area contributed by atoms with Gasteiger partial charge < -0.3 is 9.30 Å². The van der Waals surface area contributed by atoms with Crippen LogP contribution in [-0.2, 0) is 13.0 Å². The number of hydrogen-bond acceptors (Lipinski definition) is 4. The molecule has 0 N–H and O–H groups in total. The van der Waals surface area contributed by atoms with Crippen molar-refractivity contribution in [3.05, 3.63) is 48.5 Å². The first-order chi connectivity index (χ1) is 10.8. The number of aromatic nitrogens is 2. The van der Waals surface area contributed by atoms with Crippen LogP contribution in [0.3, 0.4) is 0 Å². The summed E-state index contributed by atoms with van der Waals surface area (Å²) in [6.45, 7) is 1.06. The summed E-state index contributed by atoms with van der Waals surface area (Å²) in [6, 6.07) is 8.55. The third kappa shape index (κ3) is 4.02. The first kappa shape index (κ1) is 15.8. The van der Waals surface area contributed by atoms with Crippen LogP contribution >= 0.6 is 23.5 Å². The first-order valence-corrected chi connectivity index (χ1v) is 9.63. The standard InChI is InChI=1S/C17H22N2OS2/c1-20-16-5-3-15(4-6-16)13-17(21-11-12-22-17)7-2-9-19-10-8-18-14-19/h3-6,8,10,14H,2,7,9,11-13H2,1H3. The van der Waals surface area contributed by atoms with Crippen molar-refractivity contribution in [1.29, 1.82) is 0 Å². The zero-order valence-corrected chi connectivity index (χ0v) is 14.5. The zero-order valence-electron chi connectivity index (χ0n) is 12.9. The summed E-state index contributed by atoms with van der Waals surface area (Å²) in [6.07, 6.45) is 9.39. The highest BCUT2D eigenvalue weighted by Crippen LogP contribution is 2.49. The third-order valence-electron chi connectivity index (χ3n) is 3.98. The molecule has 2 heterocycles. The molecule has 5 heteroatoms. The normalized spacial score (nSPS) is 16.8. The number of benzene rings is 1. The number of aryl methyl sites for hydroxylation is 1. The van der Waals surface area contributed by atoms with E-state index in [1.165, 1.54) is 29.9 Å². The summed E-state index contributed by atoms with van der Waals surface area (Å²) >= 11 is 4.28. The van der Waals surface area contributed by atoms with Gasteiger partial charge in [0.15, 0.2) is 0 Å². The van der Waals surface area contributed by atoms with Gasteiger partial charge in [-0.2, -0.15) is 0 Å². The summed E-state index contributed by atoms with van der Waals surface area (Å²) in [5.74, 6) is 3.47. The summed E-state index contributed by atoms with van der Waals surface area (Å²) in [5, 5.41) is 0. The Morgan fingerprint density at radius 1 is 1.23 bits per heavy atom. The van der Waals surface area contributed by atoms with Crippen LogP contribution in [0.2, 0.25) is 0 Å². The molecule has 0 bridgehead atoms. The Bertz CT molecular complexity index is 563.